The van der Waals surface area contributed by atoms with Crippen LogP contribution >= 0.6 is 0 Å². The SMILES string of the molecule is Cc1c(N)cc(C(=O)N2CCC(C(C)O)CC2)cc1F. The Morgan fingerprint density at radius 2 is 2.05 bits per heavy atom. The van der Waals surface area contributed by atoms with Crippen molar-refractivity contribution in [2.45, 2.75) is 32.8 Å². The molecule has 1 fully saturated rings. The number of benzene rings is 1. The minimum absolute atomic E-state index is 0.195. The predicted molar refractivity (Wildman–Crippen MR) is 75.9 cm³/mol. The summed E-state index contributed by atoms with van der Waals surface area (Å²) in [4.78, 5) is 14.0. The van der Waals surface area contributed by atoms with Crippen molar-refractivity contribution in [3.8, 4) is 0 Å². The van der Waals surface area contributed by atoms with Gasteiger partial charge in [-0.2, -0.15) is 0 Å². The number of rotatable bonds is 2. The maximum absolute atomic E-state index is 13.7. The van der Waals surface area contributed by atoms with Gasteiger partial charge in [0.25, 0.3) is 5.91 Å². The summed E-state index contributed by atoms with van der Waals surface area (Å²) in [5.74, 6) is -0.411. The van der Waals surface area contributed by atoms with Gasteiger partial charge in [0.2, 0.25) is 0 Å². The van der Waals surface area contributed by atoms with E-state index in [2.05, 4.69) is 0 Å². The summed E-state index contributed by atoms with van der Waals surface area (Å²) in [6, 6.07) is 2.77. The molecule has 1 aromatic carbocycles. The lowest BCUT2D eigenvalue weighted by Gasteiger charge is -2.33. The molecule has 5 heteroatoms. The number of aliphatic hydroxyl groups excluding tert-OH is 1. The van der Waals surface area contributed by atoms with E-state index in [0.29, 0.717) is 29.9 Å². The number of nitrogen functional groups attached to an aromatic ring is 1. The quantitative estimate of drug-likeness (QED) is 0.814. The molecule has 1 heterocycles. The maximum atomic E-state index is 13.7. The lowest BCUT2D eigenvalue weighted by atomic mass is 9.92. The van der Waals surface area contributed by atoms with Gasteiger partial charge in [0, 0.05) is 29.9 Å². The first-order valence-corrected chi connectivity index (χ1v) is 6.93. The number of nitrogens with two attached hydrogens (primary N) is 1. The molecule has 1 atom stereocenters. The number of hydrogen-bond acceptors (Lipinski definition) is 3. The van der Waals surface area contributed by atoms with Gasteiger partial charge in [0.15, 0.2) is 0 Å². The highest BCUT2D eigenvalue weighted by atomic mass is 19.1. The number of carbonyl (C=O) groups excluding carboxylic acids is 1. The molecule has 2 rings (SSSR count). The Labute approximate surface area is 118 Å². The van der Waals surface area contributed by atoms with E-state index in [1.165, 1.54) is 12.1 Å². The van der Waals surface area contributed by atoms with Crippen LogP contribution in [0.25, 0.3) is 0 Å². The molecule has 0 aromatic heterocycles. The van der Waals surface area contributed by atoms with Crippen LogP contribution in [0, 0.1) is 18.7 Å². The second kappa shape index (κ2) is 5.79. The number of nitrogens with zero attached hydrogens (tertiary/aromatic N) is 1. The van der Waals surface area contributed by atoms with Gasteiger partial charge in [0.1, 0.15) is 5.82 Å². The summed E-state index contributed by atoms with van der Waals surface area (Å²) in [5.41, 5.74) is 6.67. The van der Waals surface area contributed by atoms with Crippen LogP contribution in [0.2, 0.25) is 0 Å². The van der Waals surface area contributed by atoms with Crippen molar-refractivity contribution >= 4 is 11.6 Å². The van der Waals surface area contributed by atoms with E-state index in [1.807, 2.05) is 0 Å². The van der Waals surface area contributed by atoms with Gasteiger partial charge < -0.3 is 15.7 Å². The Kier molecular flexibility index (Phi) is 4.28. The van der Waals surface area contributed by atoms with Crippen LogP contribution in [0.3, 0.4) is 0 Å². The highest BCUT2D eigenvalue weighted by molar-refractivity contribution is 5.95. The van der Waals surface area contributed by atoms with Crippen LogP contribution < -0.4 is 5.73 Å². The molecule has 1 amide bonds. The van der Waals surface area contributed by atoms with Crippen LogP contribution in [-0.2, 0) is 0 Å². The smallest absolute Gasteiger partial charge is 0.254 e. The van der Waals surface area contributed by atoms with E-state index in [9.17, 15) is 14.3 Å². The first-order valence-electron chi connectivity index (χ1n) is 6.93. The Hall–Kier alpha value is -1.62. The first-order chi connectivity index (χ1) is 9.40. The standard InChI is InChI=1S/C15H21FN2O2/c1-9-13(16)7-12(8-14(9)17)15(20)18-5-3-11(4-6-18)10(2)19/h7-8,10-11,19H,3-6,17H2,1-2H3. The van der Waals surface area contributed by atoms with Crippen LogP contribution in [0.1, 0.15) is 35.7 Å². The molecule has 1 aromatic rings. The van der Waals surface area contributed by atoms with E-state index >= 15 is 0 Å². The van der Waals surface area contributed by atoms with Gasteiger partial charge in [-0.25, -0.2) is 4.39 Å². The zero-order chi connectivity index (χ0) is 14.9. The highest BCUT2D eigenvalue weighted by Crippen LogP contribution is 2.24. The van der Waals surface area contributed by atoms with Gasteiger partial charge in [0.05, 0.1) is 6.10 Å². The third kappa shape index (κ3) is 2.93. The molecular weight excluding hydrogens is 259 g/mol. The molecule has 3 N–H and O–H groups in total. The third-order valence-electron chi connectivity index (χ3n) is 4.14. The molecule has 4 nitrogen and oxygen atoms in total. The van der Waals surface area contributed by atoms with Crippen molar-refractivity contribution < 1.29 is 14.3 Å². The van der Waals surface area contributed by atoms with Crippen molar-refractivity contribution in [3.05, 3.63) is 29.1 Å². The molecule has 1 unspecified atom stereocenters. The van der Waals surface area contributed by atoms with Gasteiger partial charge in [-0.1, -0.05) is 0 Å². The molecule has 0 aliphatic carbocycles. The van der Waals surface area contributed by atoms with Crippen molar-refractivity contribution in [1.82, 2.24) is 4.90 Å². The first kappa shape index (κ1) is 14.8. The number of hydrogen-bond donors (Lipinski definition) is 2. The fraction of sp³-hybridized carbons (Fsp3) is 0.533. The van der Waals surface area contributed by atoms with E-state index in [4.69, 9.17) is 5.73 Å². The van der Waals surface area contributed by atoms with E-state index < -0.39 is 5.82 Å². The Balaban J connectivity index is 2.09. The normalized spacial score (nSPS) is 18.1. The zero-order valence-electron chi connectivity index (χ0n) is 11.9. The molecule has 0 bridgehead atoms. The summed E-state index contributed by atoms with van der Waals surface area (Å²) < 4.78 is 13.7. The van der Waals surface area contributed by atoms with Crippen molar-refractivity contribution in [3.63, 3.8) is 0 Å². The van der Waals surface area contributed by atoms with Crippen LogP contribution in [0.4, 0.5) is 10.1 Å². The number of aliphatic hydroxyl groups is 1. The van der Waals surface area contributed by atoms with Crippen LogP contribution in [0.5, 0.6) is 0 Å². The minimum Gasteiger partial charge on any atom is -0.398 e. The van der Waals surface area contributed by atoms with Crippen molar-refractivity contribution in [1.29, 1.82) is 0 Å². The van der Waals surface area contributed by atoms with Crippen LogP contribution in [-0.4, -0.2) is 35.1 Å². The molecule has 1 aliphatic heterocycles. The van der Waals surface area contributed by atoms with E-state index in [1.54, 1.807) is 18.7 Å². The summed E-state index contributed by atoms with van der Waals surface area (Å²) in [7, 11) is 0. The summed E-state index contributed by atoms with van der Waals surface area (Å²) in [6.45, 7) is 4.54. The lowest BCUT2D eigenvalue weighted by Crippen LogP contribution is -2.40. The third-order valence-corrected chi connectivity index (χ3v) is 4.14. The largest absolute Gasteiger partial charge is 0.398 e. The highest BCUT2D eigenvalue weighted by Gasteiger charge is 2.26. The van der Waals surface area contributed by atoms with Crippen LogP contribution in [0.15, 0.2) is 12.1 Å². The number of amides is 1. The second-order valence-electron chi connectivity index (χ2n) is 5.54. The molecule has 110 valence electrons. The summed E-state index contributed by atoms with van der Waals surface area (Å²) in [5, 5.41) is 9.55. The topological polar surface area (TPSA) is 66.6 Å². The molecule has 1 saturated heterocycles. The molecule has 0 spiro atoms. The van der Waals surface area contributed by atoms with E-state index in [-0.39, 0.29) is 17.9 Å². The van der Waals surface area contributed by atoms with E-state index in [0.717, 1.165) is 12.8 Å². The molecule has 0 radical (unpaired) electrons. The fourth-order valence-corrected chi connectivity index (χ4v) is 2.59. The number of piperidine rings is 1. The average molecular weight is 280 g/mol. The monoisotopic (exact) mass is 280 g/mol. The number of likely N-dealkylation sites (tertiary alicyclic amines) is 1. The van der Waals surface area contributed by atoms with Crippen molar-refractivity contribution in [2.75, 3.05) is 18.8 Å². The Morgan fingerprint density at radius 1 is 1.45 bits per heavy atom. The summed E-state index contributed by atoms with van der Waals surface area (Å²) in [6.07, 6.45) is 1.19. The summed E-state index contributed by atoms with van der Waals surface area (Å²) >= 11 is 0. The molecular formula is C15H21FN2O2. The Morgan fingerprint density at radius 3 is 2.55 bits per heavy atom. The maximum Gasteiger partial charge on any atom is 0.254 e. The number of halogens is 1. The van der Waals surface area contributed by atoms with Gasteiger partial charge in [-0.3, -0.25) is 4.79 Å². The molecule has 0 saturated carbocycles. The average Bonchev–Trinajstić information content (AvgIpc) is 2.43. The minimum atomic E-state index is -0.452. The molecule has 1 aliphatic rings. The lowest BCUT2D eigenvalue weighted by molar-refractivity contribution is 0.0521. The Bertz CT molecular complexity index is 486. The zero-order valence-corrected chi connectivity index (χ0v) is 11.9. The van der Waals surface area contributed by atoms with Gasteiger partial charge >= 0.3 is 0 Å². The molecule has 20 heavy (non-hydrogen) atoms. The second-order valence-corrected chi connectivity index (χ2v) is 5.54. The predicted octanol–water partition coefficient (Wildman–Crippen LogP) is 1.95. The van der Waals surface area contributed by atoms with Gasteiger partial charge in [-0.15, -0.1) is 0 Å². The fourth-order valence-electron chi connectivity index (χ4n) is 2.59. The van der Waals surface area contributed by atoms with Gasteiger partial charge in [-0.05, 0) is 44.7 Å². The van der Waals surface area contributed by atoms with Crippen molar-refractivity contribution in [2.24, 2.45) is 5.92 Å². The number of carbonyl (C=O) groups is 1. The number of anilines is 1.